The van der Waals surface area contributed by atoms with Crippen LogP contribution < -0.4 is 10.2 Å². The molecule has 142 valence electrons. The minimum Gasteiger partial charge on any atom is -0.368 e. The number of anilines is 1. The second-order valence-corrected chi connectivity index (χ2v) is 8.47. The van der Waals surface area contributed by atoms with Crippen LogP contribution >= 0.6 is 23.2 Å². The highest BCUT2D eigenvalue weighted by molar-refractivity contribution is 6.43. The van der Waals surface area contributed by atoms with Gasteiger partial charge in [-0.15, -0.1) is 0 Å². The normalized spacial score (nSPS) is 25.5. The molecule has 0 amide bonds. The van der Waals surface area contributed by atoms with Crippen molar-refractivity contribution in [3.8, 4) is 12.5 Å². The van der Waals surface area contributed by atoms with E-state index in [-0.39, 0.29) is 0 Å². The third-order valence-electron chi connectivity index (χ3n) is 6.02. The lowest BCUT2D eigenvalue weighted by Crippen LogP contribution is -2.50. The summed E-state index contributed by atoms with van der Waals surface area (Å²) in [7, 11) is 0. The Morgan fingerprint density at radius 1 is 1.15 bits per heavy atom. The smallest absolute Gasteiger partial charge is 0.0825 e. The molecular formula is C21H29Cl2N3. The molecule has 3 nitrogen and oxygen atoms in total. The number of benzene rings is 1. The van der Waals surface area contributed by atoms with Gasteiger partial charge in [-0.05, 0) is 57.1 Å². The monoisotopic (exact) mass is 393 g/mol. The summed E-state index contributed by atoms with van der Waals surface area (Å²) in [6.45, 7) is 6.55. The number of piperazine rings is 1. The zero-order valence-corrected chi connectivity index (χ0v) is 17.1. The second kappa shape index (κ2) is 9.22. The fourth-order valence-electron chi connectivity index (χ4n) is 4.43. The number of hydrogen-bond acceptors (Lipinski definition) is 3. The van der Waals surface area contributed by atoms with E-state index in [9.17, 15) is 0 Å². The highest BCUT2D eigenvalue weighted by Gasteiger charge is 2.27. The van der Waals surface area contributed by atoms with Gasteiger partial charge in [-0.25, -0.2) is 0 Å². The van der Waals surface area contributed by atoms with Gasteiger partial charge in [-0.1, -0.05) is 35.7 Å². The van der Waals surface area contributed by atoms with E-state index in [0.717, 1.165) is 37.8 Å². The van der Waals surface area contributed by atoms with E-state index in [1.54, 1.807) is 0 Å². The molecule has 2 fully saturated rings. The first-order valence-corrected chi connectivity index (χ1v) is 10.5. The summed E-state index contributed by atoms with van der Waals surface area (Å²) in [5.41, 5.74) is 1.06. The molecule has 0 spiro atoms. The maximum Gasteiger partial charge on any atom is 0.0825 e. The molecule has 1 aliphatic carbocycles. The molecule has 2 aliphatic rings. The van der Waals surface area contributed by atoms with Gasteiger partial charge >= 0.3 is 0 Å². The first-order valence-electron chi connectivity index (χ1n) is 9.72. The van der Waals surface area contributed by atoms with Crippen LogP contribution in [0.5, 0.6) is 0 Å². The van der Waals surface area contributed by atoms with Crippen molar-refractivity contribution in [2.75, 3.05) is 31.1 Å². The maximum absolute atomic E-state index is 6.38. The quantitative estimate of drug-likeness (QED) is 0.580. The Bertz CT molecular complexity index is 627. The average Bonchev–Trinajstić information content (AvgIpc) is 2.66. The van der Waals surface area contributed by atoms with Gasteiger partial charge in [0.25, 0.3) is 0 Å². The van der Waals surface area contributed by atoms with Crippen LogP contribution in [0, 0.1) is 18.4 Å². The van der Waals surface area contributed by atoms with Gasteiger partial charge in [0, 0.05) is 44.3 Å². The first-order chi connectivity index (χ1) is 12.6. The van der Waals surface area contributed by atoms with E-state index < -0.39 is 0 Å². The predicted molar refractivity (Wildman–Crippen MR) is 112 cm³/mol. The fourth-order valence-corrected chi connectivity index (χ4v) is 4.85. The van der Waals surface area contributed by atoms with E-state index in [0.29, 0.717) is 22.1 Å². The molecule has 5 heteroatoms. The molecule has 1 N–H and O–H groups in total. The van der Waals surface area contributed by atoms with Crippen molar-refractivity contribution in [1.82, 2.24) is 10.2 Å². The minimum atomic E-state index is 0.526. The summed E-state index contributed by atoms with van der Waals surface area (Å²) < 4.78 is 0. The Morgan fingerprint density at radius 2 is 1.85 bits per heavy atom. The van der Waals surface area contributed by atoms with Crippen molar-refractivity contribution in [1.29, 1.82) is 0 Å². The molecule has 1 unspecified atom stereocenters. The third kappa shape index (κ3) is 4.80. The van der Waals surface area contributed by atoms with Gasteiger partial charge in [0.2, 0.25) is 0 Å². The van der Waals surface area contributed by atoms with Crippen LogP contribution in [0.25, 0.3) is 0 Å². The minimum absolute atomic E-state index is 0.526. The average molecular weight is 394 g/mol. The molecule has 1 heterocycles. The Hall–Kier alpha value is -1.08. The number of nitrogens with zero attached hydrogens (tertiary/aromatic N) is 2. The summed E-state index contributed by atoms with van der Waals surface area (Å²) in [5.74, 6) is 0.834. The van der Waals surface area contributed by atoms with Crippen molar-refractivity contribution in [2.24, 2.45) is 5.92 Å². The molecule has 0 bridgehead atoms. The summed E-state index contributed by atoms with van der Waals surface area (Å²) in [4.78, 5) is 4.98. The van der Waals surface area contributed by atoms with Crippen LogP contribution in [0.3, 0.4) is 0 Å². The van der Waals surface area contributed by atoms with Crippen molar-refractivity contribution >= 4 is 28.9 Å². The highest BCUT2D eigenvalue weighted by Crippen LogP contribution is 2.33. The molecule has 1 saturated heterocycles. The number of hydrogen-bond donors (Lipinski definition) is 1. The van der Waals surface area contributed by atoms with Gasteiger partial charge < -0.3 is 10.2 Å². The van der Waals surface area contributed by atoms with Crippen molar-refractivity contribution in [2.45, 2.75) is 51.1 Å². The lowest BCUT2D eigenvalue weighted by molar-refractivity contribution is 0.155. The molecule has 3 rings (SSSR count). The van der Waals surface area contributed by atoms with Crippen molar-refractivity contribution in [3.63, 3.8) is 0 Å². The van der Waals surface area contributed by atoms with Gasteiger partial charge in [0.15, 0.2) is 0 Å². The lowest BCUT2D eigenvalue weighted by Gasteiger charge is -2.41. The summed E-state index contributed by atoms with van der Waals surface area (Å²) in [6.07, 6.45) is 11.7. The second-order valence-electron chi connectivity index (χ2n) is 7.69. The molecule has 0 radical (unpaired) electrons. The molecule has 1 aromatic carbocycles. The molecular weight excluding hydrogens is 365 g/mol. The molecule has 1 aliphatic heterocycles. The predicted octanol–water partition coefficient (Wildman–Crippen LogP) is 4.63. The Morgan fingerprint density at radius 3 is 2.50 bits per heavy atom. The summed E-state index contributed by atoms with van der Waals surface area (Å²) >= 11 is 12.6. The standard InChI is InChI=1S/C21H29Cl2N3/c1-3-24-18-9-7-17(8-10-18)15-16(2)25-11-13-26(14-12-25)20-6-4-5-19(22)21(20)23/h1,4-6,16-18,24H,7-15H2,2H3. The van der Waals surface area contributed by atoms with E-state index in [4.69, 9.17) is 29.6 Å². The zero-order valence-electron chi connectivity index (χ0n) is 15.6. The highest BCUT2D eigenvalue weighted by atomic mass is 35.5. The van der Waals surface area contributed by atoms with Crippen molar-refractivity contribution < 1.29 is 0 Å². The first kappa shape index (κ1) is 19.7. The Labute approximate surface area is 168 Å². The van der Waals surface area contributed by atoms with Crippen LogP contribution in [0.2, 0.25) is 10.0 Å². The van der Waals surface area contributed by atoms with E-state index in [2.05, 4.69) is 34.2 Å². The van der Waals surface area contributed by atoms with Gasteiger partial charge in [0.05, 0.1) is 15.7 Å². The lowest BCUT2D eigenvalue weighted by atomic mass is 9.82. The van der Waals surface area contributed by atoms with Crippen LogP contribution in [0.1, 0.15) is 39.0 Å². The van der Waals surface area contributed by atoms with E-state index in [1.165, 1.54) is 32.1 Å². The molecule has 26 heavy (non-hydrogen) atoms. The summed E-state index contributed by atoms with van der Waals surface area (Å²) in [6, 6.07) is 9.64. The Balaban J connectivity index is 1.46. The number of terminal acetylenes is 1. The van der Waals surface area contributed by atoms with Crippen LogP contribution in [-0.2, 0) is 0 Å². The van der Waals surface area contributed by atoms with Gasteiger partial charge in [-0.3, -0.25) is 4.90 Å². The van der Waals surface area contributed by atoms with Crippen LogP contribution in [-0.4, -0.2) is 43.2 Å². The third-order valence-corrected chi connectivity index (χ3v) is 6.83. The summed E-state index contributed by atoms with van der Waals surface area (Å²) in [5, 5.41) is 4.45. The molecule has 1 saturated carbocycles. The number of nitrogens with one attached hydrogen (secondary N) is 1. The molecule has 0 aromatic heterocycles. The van der Waals surface area contributed by atoms with Crippen LogP contribution in [0.15, 0.2) is 18.2 Å². The Kier molecular flexibility index (Phi) is 6.98. The molecule has 1 atom stereocenters. The largest absolute Gasteiger partial charge is 0.368 e. The van der Waals surface area contributed by atoms with Gasteiger partial charge in [0.1, 0.15) is 0 Å². The number of rotatable bonds is 5. The topological polar surface area (TPSA) is 18.5 Å². The van der Waals surface area contributed by atoms with E-state index in [1.807, 2.05) is 12.1 Å². The van der Waals surface area contributed by atoms with Crippen molar-refractivity contribution in [3.05, 3.63) is 28.2 Å². The van der Waals surface area contributed by atoms with Crippen LogP contribution in [0.4, 0.5) is 5.69 Å². The van der Waals surface area contributed by atoms with E-state index >= 15 is 0 Å². The fraction of sp³-hybridized carbons (Fsp3) is 0.619. The van der Waals surface area contributed by atoms with Gasteiger partial charge in [-0.2, -0.15) is 0 Å². The molecule has 1 aromatic rings. The maximum atomic E-state index is 6.38. The number of halogens is 2. The SMILES string of the molecule is C#CNC1CCC(CC(C)N2CCN(c3cccc(Cl)c3Cl)CC2)CC1. The zero-order chi connectivity index (χ0) is 18.5.